The first-order chi connectivity index (χ1) is 25.5. The molecule has 12 heteroatoms. The van der Waals surface area contributed by atoms with Gasteiger partial charge in [0.15, 0.2) is 0 Å². The molecular formula is C41H54ClN5O5S. The molecule has 1 saturated heterocycles. The van der Waals surface area contributed by atoms with Crippen LogP contribution in [-0.4, -0.2) is 101 Å². The fourth-order valence-corrected chi connectivity index (χ4v) is 11.0. The number of piperazine rings is 1. The van der Waals surface area contributed by atoms with Crippen molar-refractivity contribution in [3.63, 3.8) is 0 Å². The molecule has 1 amide bonds. The first-order valence-corrected chi connectivity index (χ1v) is 21.3. The van der Waals surface area contributed by atoms with E-state index in [-0.39, 0.29) is 17.3 Å². The van der Waals surface area contributed by atoms with Crippen LogP contribution >= 0.6 is 11.6 Å². The minimum Gasteiger partial charge on any atom is -0.490 e. The van der Waals surface area contributed by atoms with Crippen LogP contribution in [0.2, 0.25) is 5.02 Å². The van der Waals surface area contributed by atoms with E-state index in [1.807, 2.05) is 32.2 Å². The SMILES string of the molecule is CO[C@@]1(CN2CCN(CCC#N)CC2)/C=C/C[C@H](C)[C@@H](C)S(=O)(=O)NC(=O)c2ccc3c(c2)N(C[C@@H]2CC[C@H]21)C[C@@]1(CCCc2cc(Cl)ccc21)CO3. The Bertz CT molecular complexity index is 1860. The highest BCUT2D eigenvalue weighted by molar-refractivity contribution is 7.90. The molecule has 2 aromatic carbocycles. The standard InChI is InChI=1S/C41H54ClN5O5S/c1-29-7-4-16-41(51-3,27-46-21-19-45(20-22-46)18-6-17-43)36-12-9-33(36)25-47-26-40(15-5-8-31-23-34(42)11-13-35(31)40)28-52-38-14-10-32(24-37(38)47)39(48)44-53(49,50)30(29)2/h4,10-11,13-14,16,23-24,29-30,33,36H,5-9,12,15,18-22,25-28H2,1-3H3,(H,44,48)/b16-4+/t29-,30+,33-,36+,40-,41+/m0/s1. The molecule has 6 atom stereocenters. The smallest absolute Gasteiger partial charge is 0.264 e. The number of methoxy groups -OCH3 is 1. The molecule has 0 radical (unpaired) electrons. The number of nitrogens with one attached hydrogen (secondary N) is 1. The van der Waals surface area contributed by atoms with Crippen LogP contribution in [0, 0.1) is 29.1 Å². The number of amides is 1. The Morgan fingerprint density at radius 3 is 2.62 bits per heavy atom. The summed E-state index contributed by atoms with van der Waals surface area (Å²) in [7, 11) is -2.14. The summed E-state index contributed by atoms with van der Waals surface area (Å²) in [6.07, 6.45) is 10.5. The van der Waals surface area contributed by atoms with E-state index in [2.05, 4.69) is 49.8 Å². The van der Waals surface area contributed by atoms with Crippen molar-refractivity contribution in [3.05, 3.63) is 70.3 Å². The zero-order chi connectivity index (χ0) is 37.4. The van der Waals surface area contributed by atoms with Gasteiger partial charge in [0, 0.05) is 81.9 Å². The van der Waals surface area contributed by atoms with Crippen molar-refractivity contribution in [2.45, 2.75) is 75.1 Å². The van der Waals surface area contributed by atoms with Crippen molar-refractivity contribution in [3.8, 4) is 11.8 Å². The van der Waals surface area contributed by atoms with Crippen LogP contribution in [0.1, 0.15) is 73.9 Å². The van der Waals surface area contributed by atoms with Crippen LogP contribution in [0.25, 0.3) is 0 Å². The molecular weight excluding hydrogens is 710 g/mol. The number of fused-ring (bicyclic) bond motifs is 4. The highest BCUT2D eigenvalue weighted by atomic mass is 35.5. The summed E-state index contributed by atoms with van der Waals surface area (Å²) in [5.74, 6) is 0.389. The number of hydrogen-bond acceptors (Lipinski definition) is 9. The molecule has 0 unspecified atom stereocenters. The van der Waals surface area contributed by atoms with Gasteiger partial charge in [0.05, 0.1) is 23.6 Å². The maximum absolute atomic E-state index is 13.6. The lowest BCUT2D eigenvalue weighted by molar-refractivity contribution is -0.0954. The highest BCUT2D eigenvalue weighted by Gasteiger charge is 2.50. The number of anilines is 1. The Labute approximate surface area is 320 Å². The molecule has 7 rings (SSSR count). The van der Waals surface area contributed by atoms with Gasteiger partial charge in [-0.1, -0.05) is 36.7 Å². The normalized spacial score (nSPS) is 32.6. The Morgan fingerprint density at radius 1 is 1.09 bits per heavy atom. The van der Waals surface area contributed by atoms with E-state index in [1.165, 1.54) is 11.1 Å². The lowest BCUT2D eigenvalue weighted by Gasteiger charge is -2.52. The van der Waals surface area contributed by atoms with E-state index < -0.39 is 26.8 Å². The Balaban J connectivity index is 1.27. The van der Waals surface area contributed by atoms with Gasteiger partial charge in [-0.25, -0.2) is 13.1 Å². The molecule has 2 fully saturated rings. The molecule has 0 aromatic heterocycles. The van der Waals surface area contributed by atoms with E-state index in [1.54, 1.807) is 13.0 Å². The van der Waals surface area contributed by atoms with Gasteiger partial charge in [-0.05, 0) is 105 Å². The fourth-order valence-electron chi connectivity index (χ4n) is 9.54. The summed E-state index contributed by atoms with van der Waals surface area (Å²) in [6.45, 7) is 10.7. The Kier molecular flexibility index (Phi) is 11.2. The predicted molar refractivity (Wildman–Crippen MR) is 208 cm³/mol. The van der Waals surface area contributed by atoms with E-state index in [9.17, 15) is 13.2 Å². The number of nitrogens with zero attached hydrogens (tertiary/aromatic N) is 4. The second kappa shape index (κ2) is 15.5. The number of benzene rings is 2. The predicted octanol–water partition coefficient (Wildman–Crippen LogP) is 5.80. The summed E-state index contributed by atoms with van der Waals surface area (Å²) < 4.78 is 42.9. The summed E-state index contributed by atoms with van der Waals surface area (Å²) in [5, 5.41) is 9.06. The van der Waals surface area contributed by atoms with Crippen LogP contribution < -0.4 is 14.4 Å². The van der Waals surface area contributed by atoms with Crippen molar-refractivity contribution in [1.29, 1.82) is 5.26 Å². The number of hydrogen-bond donors (Lipinski definition) is 1. The molecule has 1 saturated carbocycles. The van der Waals surface area contributed by atoms with Gasteiger partial charge in [-0.3, -0.25) is 14.6 Å². The lowest BCUT2D eigenvalue weighted by atomic mass is 9.63. The first-order valence-electron chi connectivity index (χ1n) is 19.4. The second-order valence-corrected chi connectivity index (χ2v) is 18.7. The molecule has 10 nitrogen and oxygen atoms in total. The third kappa shape index (κ3) is 7.72. The van der Waals surface area contributed by atoms with E-state index in [4.69, 9.17) is 26.3 Å². The second-order valence-electron chi connectivity index (χ2n) is 16.2. The largest absolute Gasteiger partial charge is 0.490 e. The number of carbonyl (C=O) groups is 1. The van der Waals surface area contributed by atoms with Crippen molar-refractivity contribution in [2.24, 2.45) is 17.8 Å². The van der Waals surface area contributed by atoms with Crippen molar-refractivity contribution >= 4 is 33.2 Å². The lowest BCUT2D eigenvalue weighted by Crippen LogP contribution is -2.59. The minimum atomic E-state index is -3.97. The molecule has 1 spiro atoms. The summed E-state index contributed by atoms with van der Waals surface area (Å²) in [4.78, 5) is 20.9. The fraction of sp³-hybridized carbons (Fsp3) is 0.610. The number of nitriles is 1. The number of ether oxygens (including phenoxy) is 2. The van der Waals surface area contributed by atoms with Gasteiger partial charge in [0.2, 0.25) is 10.0 Å². The molecule has 2 aliphatic carbocycles. The number of sulfonamides is 1. The summed E-state index contributed by atoms with van der Waals surface area (Å²) >= 11 is 6.50. The van der Waals surface area contributed by atoms with Gasteiger partial charge in [-0.15, -0.1) is 0 Å². The monoisotopic (exact) mass is 763 g/mol. The molecule has 5 aliphatic rings. The maximum atomic E-state index is 13.6. The number of carbonyl (C=O) groups excluding carboxylic acids is 1. The van der Waals surface area contributed by atoms with Gasteiger partial charge in [-0.2, -0.15) is 5.26 Å². The molecule has 2 aromatic rings. The average Bonchev–Trinajstić information content (AvgIpc) is 3.28. The van der Waals surface area contributed by atoms with E-state index >= 15 is 0 Å². The third-order valence-electron chi connectivity index (χ3n) is 13.1. The topological polar surface area (TPSA) is 115 Å². The quantitative estimate of drug-likeness (QED) is 0.378. The molecule has 53 heavy (non-hydrogen) atoms. The molecule has 3 aliphatic heterocycles. The maximum Gasteiger partial charge on any atom is 0.264 e. The number of rotatable bonds is 5. The highest BCUT2D eigenvalue weighted by Crippen LogP contribution is 2.49. The van der Waals surface area contributed by atoms with E-state index in [0.717, 1.165) is 88.6 Å². The molecule has 2 bridgehead atoms. The number of halogens is 1. The van der Waals surface area contributed by atoms with Gasteiger partial charge >= 0.3 is 0 Å². The minimum absolute atomic E-state index is 0.234. The molecule has 286 valence electrons. The molecule has 1 N–H and O–H groups in total. The summed E-state index contributed by atoms with van der Waals surface area (Å²) in [5.41, 5.74) is 2.80. The van der Waals surface area contributed by atoms with Crippen molar-refractivity contribution < 1.29 is 22.7 Å². The van der Waals surface area contributed by atoms with Crippen LogP contribution in [0.15, 0.2) is 48.6 Å². The zero-order valence-electron chi connectivity index (χ0n) is 31.4. The van der Waals surface area contributed by atoms with Crippen LogP contribution in [0.5, 0.6) is 5.75 Å². The third-order valence-corrected chi connectivity index (χ3v) is 15.2. The van der Waals surface area contributed by atoms with Gasteiger partial charge < -0.3 is 14.4 Å². The number of aryl methyl sites for hydroxylation is 1. The average molecular weight is 764 g/mol. The van der Waals surface area contributed by atoms with Gasteiger partial charge in [0.25, 0.3) is 5.91 Å². The van der Waals surface area contributed by atoms with Crippen LogP contribution in [0.4, 0.5) is 5.69 Å². The van der Waals surface area contributed by atoms with E-state index in [0.29, 0.717) is 43.2 Å². The molecule has 3 heterocycles. The van der Waals surface area contributed by atoms with Crippen LogP contribution in [-0.2, 0) is 26.6 Å². The number of allylic oxidation sites excluding steroid dienone is 1. The van der Waals surface area contributed by atoms with Gasteiger partial charge in [0.1, 0.15) is 11.4 Å². The van der Waals surface area contributed by atoms with Crippen molar-refractivity contribution in [1.82, 2.24) is 14.5 Å². The van der Waals surface area contributed by atoms with Crippen molar-refractivity contribution in [2.75, 3.05) is 71.0 Å². The Morgan fingerprint density at radius 2 is 1.89 bits per heavy atom. The Hall–Kier alpha value is -3.14. The summed E-state index contributed by atoms with van der Waals surface area (Å²) in [6, 6.07) is 13.9. The first kappa shape index (κ1) is 38.1. The van der Waals surface area contributed by atoms with Crippen LogP contribution in [0.3, 0.4) is 0 Å². The zero-order valence-corrected chi connectivity index (χ0v) is 32.9.